The largest absolute Gasteiger partial charge is 0.385 e. The number of H-pyrrole nitrogens is 1. The van der Waals surface area contributed by atoms with Crippen LogP contribution in [0.25, 0.3) is 0 Å². The van der Waals surface area contributed by atoms with Crippen LogP contribution in [0.4, 0.5) is 17.2 Å². The van der Waals surface area contributed by atoms with Gasteiger partial charge in [-0.3, -0.25) is 23.9 Å². The maximum Gasteiger partial charge on any atom is 0.330 e. The first kappa shape index (κ1) is 26.2. The highest BCUT2D eigenvalue weighted by Crippen LogP contribution is 2.31. The summed E-state index contributed by atoms with van der Waals surface area (Å²) < 4.78 is 6.41. The van der Waals surface area contributed by atoms with E-state index in [2.05, 4.69) is 4.98 Å². The Kier molecular flexibility index (Phi) is 8.16. The Balaban J connectivity index is 1.99. The van der Waals surface area contributed by atoms with Gasteiger partial charge in [0.05, 0.1) is 5.92 Å². The Hall–Kier alpha value is -3.40. The van der Waals surface area contributed by atoms with Crippen LogP contribution >= 0.6 is 0 Å². The van der Waals surface area contributed by atoms with Crippen molar-refractivity contribution in [1.82, 2.24) is 9.55 Å². The molecule has 2 amide bonds. The number of aromatic amines is 1. The number of aromatic nitrogens is 2. The molecule has 190 valence electrons. The Bertz CT molecular complexity index is 1220. The van der Waals surface area contributed by atoms with Crippen LogP contribution in [0.5, 0.6) is 0 Å². The summed E-state index contributed by atoms with van der Waals surface area (Å²) in [6.45, 7) is 8.78. The molecule has 10 heteroatoms. The number of ether oxygens (including phenoxy) is 1. The molecular weight excluding hydrogens is 450 g/mol. The van der Waals surface area contributed by atoms with Gasteiger partial charge < -0.3 is 20.3 Å². The predicted molar refractivity (Wildman–Crippen MR) is 136 cm³/mol. The Morgan fingerprint density at radius 1 is 1.26 bits per heavy atom. The van der Waals surface area contributed by atoms with Crippen molar-refractivity contribution in [1.29, 1.82) is 0 Å². The third-order valence-corrected chi connectivity index (χ3v) is 6.37. The molecule has 0 unspecified atom stereocenters. The van der Waals surface area contributed by atoms with Crippen molar-refractivity contribution in [2.75, 3.05) is 42.3 Å². The monoisotopic (exact) mass is 485 g/mol. The molecule has 3 rings (SSSR count). The zero-order chi connectivity index (χ0) is 25.9. The number of hydrogen-bond acceptors (Lipinski definition) is 6. The van der Waals surface area contributed by atoms with E-state index in [0.29, 0.717) is 13.0 Å². The van der Waals surface area contributed by atoms with E-state index in [1.807, 2.05) is 45.9 Å². The highest BCUT2D eigenvalue weighted by Gasteiger charge is 2.39. The standard InChI is InChI=1S/C25H35N5O5/c1-15(2)13-30-22(26)21(23(32)27-25(30)34)28(10-7-11-35-5)24(33)18-12-20(31)29(14-18)19-9-6-8-16(3)17(19)4/h6,8-9,15,18H,7,10-14,26H2,1-5H3,(H,27,32,34)/t18-/m1/s1. The van der Waals surface area contributed by atoms with Crippen LogP contribution in [-0.2, 0) is 20.9 Å². The minimum Gasteiger partial charge on any atom is -0.385 e. The number of benzene rings is 1. The number of carbonyl (C=O) groups excluding carboxylic acids is 2. The molecule has 0 bridgehead atoms. The van der Waals surface area contributed by atoms with Crippen molar-refractivity contribution in [3.63, 3.8) is 0 Å². The average Bonchev–Trinajstić information content (AvgIpc) is 3.18. The van der Waals surface area contributed by atoms with Crippen molar-refractivity contribution in [2.24, 2.45) is 11.8 Å². The summed E-state index contributed by atoms with van der Waals surface area (Å²) in [7, 11) is 1.55. The molecule has 35 heavy (non-hydrogen) atoms. The number of nitrogens with two attached hydrogens (primary N) is 1. The van der Waals surface area contributed by atoms with Crippen LogP contribution in [0.3, 0.4) is 0 Å². The molecule has 0 radical (unpaired) electrons. The van der Waals surface area contributed by atoms with Gasteiger partial charge in [0.2, 0.25) is 11.8 Å². The van der Waals surface area contributed by atoms with Crippen LogP contribution in [-0.4, -0.2) is 48.2 Å². The number of anilines is 3. The number of nitrogens with one attached hydrogen (secondary N) is 1. The van der Waals surface area contributed by atoms with Gasteiger partial charge in [0.1, 0.15) is 5.82 Å². The van der Waals surface area contributed by atoms with Crippen molar-refractivity contribution < 1.29 is 14.3 Å². The Morgan fingerprint density at radius 3 is 2.63 bits per heavy atom. The Morgan fingerprint density at radius 2 is 1.97 bits per heavy atom. The second-order valence-electron chi connectivity index (χ2n) is 9.46. The molecular formula is C25H35N5O5. The molecule has 1 aromatic heterocycles. The lowest BCUT2D eigenvalue weighted by Crippen LogP contribution is -2.45. The van der Waals surface area contributed by atoms with Gasteiger partial charge >= 0.3 is 5.69 Å². The molecule has 3 N–H and O–H groups in total. The summed E-state index contributed by atoms with van der Waals surface area (Å²) in [4.78, 5) is 57.2. The zero-order valence-electron chi connectivity index (χ0n) is 21.1. The SMILES string of the molecule is COCCCN(C(=O)[C@@H]1CC(=O)N(c2cccc(C)c2C)C1)c1c(N)n(CC(C)C)c(=O)[nH]c1=O. The number of nitrogens with zero attached hydrogens (tertiary/aromatic N) is 3. The highest BCUT2D eigenvalue weighted by molar-refractivity contribution is 6.05. The fraction of sp³-hybridized carbons (Fsp3) is 0.520. The molecule has 2 heterocycles. The first-order valence-electron chi connectivity index (χ1n) is 11.9. The van der Waals surface area contributed by atoms with Gasteiger partial charge in [-0.05, 0) is 43.4 Å². The molecule has 1 atom stereocenters. The first-order chi connectivity index (χ1) is 16.6. The number of aryl methyl sites for hydroxylation is 1. The predicted octanol–water partition coefficient (Wildman–Crippen LogP) is 1.81. The highest BCUT2D eigenvalue weighted by atomic mass is 16.5. The van der Waals surface area contributed by atoms with E-state index in [9.17, 15) is 19.2 Å². The van der Waals surface area contributed by atoms with E-state index in [1.165, 1.54) is 9.47 Å². The van der Waals surface area contributed by atoms with Crippen LogP contribution in [0.1, 0.15) is 37.8 Å². The van der Waals surface area contributed by atoms with Crippen LogP contribution in [0, 0.1) is 25.7 Å². The number of methoxy groups -OCH3 is 1. The second kappa shape index (κ2) is 10.9. The van der Waals surface area contributed by atoms with Crippen LogP contribution < -0.4 is 26.8 Å². The van der Waals surface area contributed by atoms with Crippen molar-refractivity contribution in [3.8, 4) is 0 Å². The van der Waals surface area contributed by atoms with E-state index in [-0.39, 0.29) is 55.3 Å². The summed E-state index contributed by atoms with van der Waals surface area (Å²) in [6.07, 6.45) is 0.474. The van der Waals surface area contributed by atoms with E-state index in [1.54, 1.807) is 12.0 Å². The number of rotatable bonds is 9. The molecule has 1 aliphatic rings. The topological polar surface area (TPSA) is 131 Å². The van der Waals surface area contributed by atoms with Gasteiger partial charge in [0, 0.05) is 45.5 Å². The molecule has 1 saturated heterocycles. The third-order valence-electron chi connectivity index (χ3n) is 6.37. The van der Waals surface area contributed by atoms with Gasteiger partial charge in [-0.1, -0.05) is 26.0 Å². The van der Waals surface area contributed by atoms with Gasteiger partial charge in [-0.2, -0.15) is 0 Å². The van der Waals surface area contributed by atoms with Gasteiger partial charge in [0.15, 0.2) is 5.69 Å². The maximum absolute atomic E-state index is 13.7. The summed E-state index contributed by atoms with van der Waals surface area (Å²) in [5.74, 6) is -1.16. The summed E-state index contributed by atoms with van der Waals surface area (Å²) >= 11 is 0. The van der Waals surface area contributed by atoms with Crippen molar-refractivity contribution >= 4 is 29.0 Å². The molecule has 1 fully saturated rings. The smallest absolute Gasteiger partial charge is 0.330 e. The van der Waals surface area contributed by atoms with Crippen LogP contribution in [0.15, 0.2) is 27.8 Å². The van der Waals surface area contributed by atoms with Gasteiger partial charge in [0.25, 0.3) is 5.56 Å². The lowest BCUT2D eigenvalue weighted by atomic mass is 10.1. The quantitative estimate of drug-likeness (QED) is 0.521. The van der Waals surface area contributed by atoms with E-state index in [0.717, 1.165) is 16.8 Å². The first-order valence-corrected chi connectivity index (χ1v) is 11.9. The number of carbonyl (C=O) groups is 2. The van der Waals surface area contributed by atoms with E-state index < -0.39 is 17.2 Å². The summed E-state index contributed by atoms with van der Waals surface area (Å²) in [5.41, 5.74) is 7.69. The maximum atomic E-state index is 13.7. The second-order valence-corrected chi connectivity index (χ2v) is 9.46. The fourth-order valence-electron chi connectivity index (χ4n) is 4.44. The molecule has 0 spiro atoms. The molecule has 1 aromatic carbocycles. The van der Waals surface area contributed by atoms with Gasteiger partial charge in [-0.25, -0.2) is 4.79 Å². The van der Waals surface area contributed by atoms with Crippen molar-refractivity contribution in [3.05, 3.63) is 50.2 Å². The lowest BCUT2D eigenvalue weighted by molar-refractivity contribution is -0.124. The number of nitrogen functional groups attached to an aromatic ring is 1. The number of hydrogen-bond donors (Lipinski definition) is 2. The van der Waals surface area contributed by atoms with Crippen LogP contribution in [0.2, 0.25) is 0 Å². The fourth-order valence-corrected chi connectivity index (χ4v) is 4.44. The molecule has 2 aromatic rings. The molecule has 1 aliphatic heterocycles. The normalized spacial score (nSPS) is 15.8. The lowest BCUT2D eigenvalue weighted by Gasteiger charge is -2.27. The molecule has 0 aliphatic carbocycles. The average molecular weight is 486 g/mol. The molecule has 10 nitrogen and oxygen atoms in total. The minimum absolute atomic E-state index is 0.0242. The summed E-state index contributed by atoms with van der Waals surface area (Å²) in [5, 5.41) is 0. The third kappa shape index (κ3) is 5.48. The summed E-state index contributed by atoms with van der Waals surface area (Å²) in [6, 6.07) is 5.73. The van der Waals surface area contributed by atoms with Gasteiger partial charge in [-0.15, -0.1) is 0 Å². The van der Waals surface area contributed by atoms with Crippen molar-refractivity contribution in [2.45, 2.75) is 47.1 Å². The Labute approximate surface area is 204 Å². The molecule has 0 saturated carbocycles. The van der Waals surface area contributed by atoms with E-state index >= 15 is 0 Å². The van der Waals surface area contributed by atoms with E-state index in [4.69, 9.17) is 10.5 Å². The zero-order valence-corrected chi connectivity index (χ0v) is 21.1. The number of amides is 2. The minimum atomic E-state index is -0.728.